The number of nitrogens with one attached hydrogen (secondary N) is 1. The Morgan fingerprint density at radius 2 is 2.58 bits per heavy atom. The monoisotopic (exact) mass is 174 g/mol. The van der Waals surface area contributed by atoms with Crippen LogP contribution in [0.25, 0.3) is 0 Å². The van der Waals surface area contributed by atoms with Gasteiger partial charge in [-0.05, 0) is 6.54 Å². The lowest BCUT2D eigenvalue weighted by atomic mass is 10.2. The van der Waals surface area contributed by atoms with Crippen molar-refractivity contribution in [3.63, 3.8) is 0 Å². The van der Waals surface area contributed by atoms with Crippen LogP contribution in [0.4, 0.5) is 0 Å². The molecular weight excluding hydrogens is 160 g/mol. The molecule has 5 heteroatoms. The van der Waals surface area contributed by atoms with Crippen LogP contribution < -0.4 is 5.48 Å². The van der Waals surface area contributed by atoms with Crippen molar-refractivity contribution in [1.82, 2.24) is 10.4 Å². The maximum Gasteiger partial charge on any atom is 0.273 e. The van der Waals surface area contributed by atoms with Crippen molar-refractivity contribution in [1.29, 1.82) is 0 Å². The van der Waals surface area contributed by atoms with Gasteiger partial charge in [-0.15, -0.1) is 0 Å². The summed E-state index contributed by atoms with van der Waals surface area (Å²) in [6.45, 7) is 4.89. The number of ether oxygens (including phenoxy) is 1. The van der Waals surface area contributed by atoms with Gasteiger partial charge < -0.3 is 4.74 Å². The molecular formula is C7H14N2O3. The molecule has 0 aromatic rings. The standard InChI is InChI=1S/C7H14N2O3/c1-2-9-3-4-12-6(5-9)7(10)8-11/h6,11H,2-5H2,1H3,(H,8,10). The third-order valence-corrected chi connectivity index (χ3v) is 2.00. The van der Waals surface area contributed by atoms with Gasteiger partial charge in [-0.1, -0.05) is 6.92 Å². The molecule has 1 saturated heterocycles. The lowest BCUT2D eigenvalue weighted by Crippen LogP contribution is -2.49. The Bertz CT molecular complexity index is 163. The average molecular weight is 174 g/mol. The Balaban J connectivity index is 2.40. The molecule has 1 amide bonds. The second-order valence-corrected chi connectivity index (χ2v) is 2.73. The second-order valence-electron chi connectivity index (χ2n) is 2.73. The Morgan fingerprint density at radius 3 is 3.17 bits per heavy atom. The molecule has 0 aliphatic carbocycles. The first-order valence-corrected chi connectivity index (χ1v) is 4.05. The van der Waals surface area contributed by atoms with E-state index in [1.165, 1.54) is 0 Å². The molecule has 70 valence electrons. The molecule has 5 nitrogen and oxygen atoms in total. The predicted molar refractivity (Wildman–Crippen MR) is 41.8 cm³/mol. The van der Waals surface area contributed by atoms with Crippen LogP contribution in [0.2, 0.25) is 0 Å². The largest absolute Gasteiger partial charge is 0.366 e. The summed E-state index contributed by atoms with van der Waals surface area (Å²) in [6, 6.07) is 0. The zero-order valence-corrected chi connectivity index (χ0v) is 7.12. The minimum Gasteiger partial charge on any atom is -0.366 e. The summed E-state index contributed by atoms with van der Waals surface area (Å²) in [4.78, 5) is 13.0. The molecule has 1 unspecified atom stereocenters. The third kappa shape index (κ3) is 2.17. The summed E-state index contributed by atoms with van der Waals surface area (Å²) >= 11 is 0. The number of carbonyl (C=O) groups excluding carboxylic acids is 1. The van der Waals surface area contributed by atoms with Crippen LogP contribution in [-0.4, -0.2) is 48.4 Å². The van der Waals surface area contributed by atoms with E-state index in [1.54, 1.807) is 5.48 Å². The molecule has 1 heterocycles. The lowest BCUT2D eigenvalue weighted by molar-refractivity contribution is -0.146. The van der Waals surface area contributed by atoms with Crippen LogP contribution in [-0.2, 0) is 9.53 Å². The number of carbonyl (C=O) groups is 1. The van der Waals surface area contributed by atoms with Gasteiger partial charge in [0.2, 0.25) is 0 Å². The van der Waals surface area contributed by atoms with Crippen molar-refractivity contribution in [3.8, 4) is 0 Å². The predicted octanol–water partition coefficient (Wildman–Crippen LogP) is -0.787. The molecule has 1 fully saturated rings. The van der Waals surface area contributed by atoms with Crippen LogP contribution in [0, 0.1) is 0 Å². The molecule has 0 bridgehead atoms. The van der Waals surface area contributed by atoms with Gasteiger partial charge in [0.15, 0.2) is 6.10 Å². The highest BCUT2D eigenvalue weighted by Crippen LogP contribution is 2.03. The highest BCUT2D eigenvalue weighted by atomic mass is 16.5. The maximum absolute atomic E-state index is 10.9. The van der Waals surface area contributed by atoms with Gasteiger partial charge in [-0.25, -0.2) is 5.48 Å². The number of nitrogens with zero attached hydrogens (tertiary/aromatic N) is 1. The topological polar surface area (TPSA) is 61.8 Å². The van der Waals surface area contributed by atoms with Crippen LogP contribution in [0.3, 0.4) is 0 Å². The van der Waals surface area contributed by atoms with E-state index in [0.717, 1.165) is 13.1 Å². The van der Waals surface area contributed by atoms with E-state index in [0.29, 0.717) is 13.2 Å². The van der Waals surface area contributed by atoms with E-state index in [2.05, 4.69) is 4.90 Å². The number of morpholine rings is 1. The highest BCUT2D eigenvalue weighted by molar-refractivity contribution is 5.79. The van der Waals surface area contributed by atoms with Crippen molar-refractivity contribution in [3.05, 3.63) is 0 Å². The second kappa shape index (κ2) is 4.39. The first kappa shape index (κ1) is 9.44. The van der Waals surface area contributed by atoms with E-state index in [1.807, 2.05) is 6.92 Å². The number of hydrogen-bond acceptors (Lipinski definition) is 4. The fourth-order valence-corrected chi connectivity index (χ4v) is 1.22. The molecule has 0 saturated carbocycles. The lowest BCUT2D eigenvalue weighted by Gasteiger charge is -2.30. The Morgan fingerprint density at radius 1 is 1.83 bits per heavy atom. The summed E-state index contributed by atoms with van der Waals surface area (Å²) in [6.07, 6.45) is -0.524. The zero-order valence-electron chi connectivity index (χ0n) is 7.12. The minimum atomic E-state index is -0.524. The molecule has 0 spiro atoms. The summed E-state index contributed by atoms with van der Waals surface area (Å²) in [5, 5.41) is 8.35. The average Bonchev–Trinajstić information content (AvgIpc) is 2.17. The molecule has 0 radical (unpaired) electrons. The first-order chi connectivity index (χ1) is 5.77. The third-order valence-electron chi connectivity index (χ3n) is 2.00. The quantitative estimate of drug-likeness (QED) is 0.425. The van der Waals surface area contributed by atoms with Crippen molar-refractivity contribution in [2.24, 2.45) is 0 Å². The highest BCUT2D eigenvalue weighted by Gasteiger charge is 2.25. The maximum atomic E-state index is 10.9. The molecule has 1 aliphatic heterocycles. The van der Waals surface area contributed by atoms with Gasteiger partial charge in [0.05, 0.1) is 6.61 Å². The fraction of sp³-hybridized carbons (Fsp3) is 0.857. The molecule has 1 atom stereocenters. The van der Waals surface area contributed by atoms with E-state index < -0.39 is 12.0 Å². The number of likely N-dealkylation sites (N-methyl/N-ethyl adjacent to an activating group) is 1. The van der Waals surface area contributed by atoms with Crippen molar-refractivity contribution in [2.45, 2.75) is 13.0 Å². The minimum absolute atomic E-state index is 0.465. The van der Waals surface area contributed by atoms with Crippen LogP contribution in [0.1, 0.15) is 6.92 Å². The van der Waals surface area contributed by atoms with Crippen LogP contribution in [0.15, 0.2) is 0 Å². The van der Waals surface area contributed by atoms with Crippen molar-refractivity contribution in [2.75, 3.05) is 26.2 Å². The molecule has 1 aliphatic rings. The number of hydroxylamine groups is 1. The van der Waals surface area contributed by atoms with Gasteiger partial charge in [-0.2, -0.15) is 0 Å². The summed E-state index contributed by atoms with van der Waals surface area (Å²) in [7, 11) is 0. The van der Waals surface area contributed by atoms with Crippen LogP contribution in [0.5, 0.6) is 0 Å². The summed E-state index contributed by atoms with van der Waals surface area (Å²) in [5.74, 6) is -0.465. The van der Waals surface area contributed by atoms with Gasteiger partial charge in [0, 0.05) is 13.1 Å². The van der Waals surface area contributed by atoms with Gasteiger partial charge >= 0.3 is 0 Å². The van der Waals surface area contributed by atoms with Gasteiger partial charge in [0.25, 0.3) is 5.91 Å². The van der Waals surface area contributed by atoms with Crippen molar-refractivity contribution >= 4 is 5.91 Å². The molecule has 1 rings (SSSR count). The number of hydrogen-bond donors (Lipinski definition) is 2. The Labute approximate surface area is 71.3 Å². The molecule has 2 N–H and O–H groups in total. The van der Waals surface area contributed by atoms with Crippen LogP contribution >= 0.6 is 0 Å². The van der Waals surface area contributed by atoms with E-state index in [-0.39, 0.29) is 0 Å². The smallest absolute Gasteiger partial charge is 0.273 e. The molecule has 0 aromatic carbocycles. The molecule has 12 heavy (non-hydrogen) atoms. The summed E-state index contributed by atoms with van der Waals surface area (Å²) in [5.41, 5.74) is 1.59. The Hall–Kier alpha value is -0.650. The summed E-state index contributed by atoms with van der Waals surface area (Å²) < 4.78 is 5.15. The van der Waals surface area contributed by atoms with E-state index in [4.69, 9.17) is 9.94 Å². The van der Waals surface area contributed by atoms with E-state index in [9.17, 15) is 4.79 Å². The van der Waals surface area contributed by atoms with E-state index >= 15 is 0 Å². The Kier molecular flexibility index (Phi) is 3.46. The normalized spacial score (nSPS) is 25.3. The number of amides is 1. The number of rotatable bonds is 2. The zero-order chi connectivity index (χ0) is 8.97. The fourth-order valence-electron chi connectivity index (χ4n) is 1.22. The van der Waals surface area contributed by atoms with Gasteiger partial charge in [0.1, 0.15) is 0 Å². The first-order valence-electron chi connectivity index (χ1n) is 4.05. The van der Waals surface area contributed by atoms with Crippen molar-refractivity contribution < 1.29 is 14.7 Å². The SMILES string of the molecule is CCN1CCOC(C(=O)NO)C1. The molecule has 0 aromatic heterocycles. The van der Waals surface area contributed by atoms with Gasteiger partial charge in [-0.3, -0.25) is 14.9 Å².